The van der Waals surface area contributed by atoms with Gasteiger partial charge in [0.25, 0.3) is 0 Å². The molecule has 0 spiro atoms. The lowest BCUT2D eigenvalue weighted by Crippen LogP contribution is -2.28. The molecule has 62 valence electrons. The van der Waals surface area contributed by atoms with E-state index in [1.165, 1.54) is 0 Å². The van der Waals surface area contributed by atoms with E-state index in [1.54, 1.807) is 0 Å². The molecule has 2 unspecified atom stereocenters. The number of hydrogen-bond donors (Lipinski definition) is 1. The van der Waals surface area contributed by atoms with Gasteiger partial charge in [0, 0.05) is 6.04 Å². The molecule has 2 heteroatoms. The van der Waals surface area contributed by atoms with Crippen molar-refractivity contribution in [3.63, 3.8) is 0 Å². The summed E-state index contributed by atoms with van der Waals surface area (Å²) in [5.41, 5.74) is 0. The topological polar surface area (TPSA) is 21.3 Å². The Morgan fingerprint density at radius 1 is 1.40 bits per heavy atom. The Labute approximate surface area is 64.0 Å². The quantitative estimate of drug-likeness (QED) is 0.631. The van der Waals surface area contributed by atoms with Gasteiger partial charge in [-0.2, -0.15) is 0 Å². The molecule has 2 atom stereocenters. The summed E-state index contributed by atoms with van der Waals surface area (Å²) in [6.45, 7) is 7.16. The molecule has 2 nitrogen and oxygen atoms in total. The van der Waals surface area contributed by atoms with Crippen LogP contribution in [0.4, 0.5) is 0 Å². The molecular formula is C8H19NO. The van der Waals surface area contributed by atoms with Crippen LogP contribution in [-0.2, 0) is 4.74 Å². The fraction of sp³-hybridized carbons (Fsp3) is 1.00. The predicted molar refractivity (Wildman–Crippen MR) is 44.2 cm³/mol. The van der Waals surface area contributed by atoms with Gasteiger partial charge < -0.3 is 10.1 Å². The van der Waals surface area contributed by atoms with Crippen molar-refractivity contribution in [3.8, 4) is 0 Å². The predicted octanol–water partition coefficient (Wildman–Crippen LogP) is 1.41. The van der Waals surface area contributed by atoms with E-state index >= 15 is 0 Å². The minimum Gasteiger partial charge on any atom is -0.377 e. The Bertz CT molecular complexity index is 65.7. The Kier molecular flexibility index (Phi) is 5.64. The molecule has 0 amide bonds. The van der Waals surface area contributed by atoms with E-state index < -0.39 is 0 Å². The number of hydrogen-bond acceptors (Lipinski definition) is 2. The van der Waals surface area contributed by atoms with Crippen LogP contribution in [-0.4, -0.2) is 25.8 Å². The zero-order chi connectivity index (χ0) is 7.98. The number of rotatable bonds is 5. The van der Waals surface area contributed by atoms with E-state index in [0.717, 1.165) is 13.0 Å². The minimum atomic E-state index is 0.399. The van der Waals surface area contributed by atoms with Gasteiger partial charge in [-0.15, -0.1) is 0 Å². The average Bonchev–Trinajstić information content (AvgIpc) is 1.99. The summed E-state index contributed by atoms with van der Waals surface area (Å²) >= 11 is 0. The van der Waals surface area contributed by atoms with Crippen LogP contribution in [0, 0.1) is 0 Å². The van der Waals surface area contributed by atoms with Crippen molar-refractivity contribution < 1.29 is 4.74 Å². The first kappa shape index (κ1) is 9.92. The number of ether oxygens (including phenoxy) is 1. The van der Waals surface area contributed by atoms with E-state index in [4.69, 9.17) is 4.74 Å². The van der Waals surface area contributed by atoms with Crippen molar-refractivity contribution >= 4 is 0 Å². The first-order valence-corrected chi connectivity index (χ1v) is 3.99. The molecule has 0 fully saturated rings. The SMILES string of the molecule is CCC(C)OCC(C)NC. The van der Waals surface area contributed by atoms with Crippen LogP contribution >= 0.6 is 0 Å². The standard InChI is InChI=1S/C8H19NO/c1-5-8(3)10-6-7(2)9-4/h7-9H,5-6H2,1-4H3. The molecule has 1 N–H and O–H groups in total. The fourth-order valence-electron chi connectivity index (χ4n) is 0.510. The van der Waals surface area contributed by atoms with Crippen LogP contribution in [0.5, 0.6) is 0 Å². The molecule has 0 radical (unpaired) electrons. The van der Waals surface area contributed by atoms with Gasteiger partial charge in [0.15, 0.2) is 0 Å². The van der Waals surface area contributed by atoms with Gasteiger partial charge in [-0.25, -0.2) is 0 Å². The lowest BCUT2D eigenvalue weighted by atomic mass is 10.3. The molecule has 10 heavy (non-hydrogen) atoms. The van der Waals surface area contributed by atoms with E-state index in [-0.39, 0.29) is 0 Å². The fourth-order valence-corrected chi connectivity index (χ4v) is 0.510. The molecule has 0 heterocycles. The number of likely N-dealkylation sites (N-methyl/N-ethyl adjacent to an activating group) is 1. The third kappa shape index (κ3) is 4.77. The zero-order valence-corrected chi connectivity index (χ0v) is 7.48. The Hall–Kier alpha value is -0.0800. The van der Waals surface area contributed by atoms with Gasteiger partial charge in [-0.1, -0.05) is 6.92 Å². The first-order chi connectivity index (χ1) is 4.70. The average molecular weight is 145 g/mol. The zero-order valence-electron chi connectivity index (χ0n) is 7.48. The molecule has 0 aromatic heterocycles. The lowest BCUT2D eigenvalue weighted by molar-refractivity contribution is 0.0519. The third-order valence-electron chi connectivity index (χ3n) is 1.70. The van der Waals surface area contributed by atoms with Gasteiger partial charge in [0.05, 0.1) is 12.7 Å². The lowest BCUT2D eigenvalue weighted by Gasteiger charge is -2.14. The molecule has 0 bridgehead atoms. The maximum Gasteiger partial charge on any atom is 0.0620 e. The molecule has 0 aliphatic carbocycles. The molecule has 0 aliphatic rings. The molecule has 0 rings (SSSR count). The normalized spacial score (nSPS) is 16.8. The van der Waals surface area contributed by atoms with Crippen LogP contribution in [0.2, 0.25) is 0 Å². The monoisotopic (exact) mass is 145 g/mol. The van der Waals surface area contributed by atoms with Crippen molar-refractivity contribution in [2.45, 2.75) is 39.3 Å². The molecular weight excluding hydrogens is 126 g/mol. The summed E-state index contributed by atoms with van der Waals surface area (Å²) < 4.78 is 5.48. The van der Waals surface area contributed by atoms with Gasteiger partial charge in [-0.05, 0) is 27.3 Å². The second-order valence-electron chi connectivity index (χ2n) is 2.74. The van der Waals surface area contributed by atoms with E-state index in [0.29, 0.717) is 12.1 Å². The van der Waals surface area contributed by atoms with Crippen molar-refractivity contribution in [1.82, 2.24) is 5.32 Å². The van der Waals surface area contributed by atoms with Gasteiger partial charge in [0.2, 0.25) is 0 Å². The van der Waals surface area contributed by atoms with Crippen molar-refractivity contribution in [2.75, 3.05) is 13.7 Å². The molecule has 0 aromatic rings. The van der Waals surface area contributed by atoms with Gasteiger partial charge in [0.1, 0.15) is 0 Å². The van der Waals surface area contributed by atoms with Crippen molar-refractivity contribution in [3.05, 3.63) is 0 Å². The van der Waals surface area contributed by atoms with Crippen LogP contribution in [0.15, 0.2) is 0 Å². The highest BCUT2D eigenvalue weighted by molar-refractivity contribution is 4.55. The highest BCUT2D eigenvalue weighted by Gasteiger charge is 2.01. The van der Waals surface area contributed by atoms with Crippen LogP contribution in [0.1, 0.15) is 27.2 Å². The Morgan fingerprint density at radius 2 is 2.00 bits per heavy atom. The maximum atomic E-state index is 5.48. The van der Waals surface area contributed by atoms with Crippen molar-refractivity contribution in [2.24, 2.45) is 0 Å². The first-order valence-electron chi connectivity index (χ1n) is 3.99. The molecule has 0 aliphatic heterocycles. The summed E-state index contributed by atoms with van der Waals surface area (Å²) in [5.74, 6) is 0. The van der Waals surface area contributed by atoms with Gasteiger partial charge in [-0.3, -0.25) is 0 Å². The number of nitrogens with one attached hydrogen (secondary N) is 1. The van der Waals surface area contributed by atoms with E-state index in [9.17, 15) is 0 Å². The second-order valence-corrected chi connectivity index (χ2v) is 2.74. The molecule has 0 saturated carbocycles. The van der Waals surface area contributed by atoms with Crippen LogP contribution in [0.25, 0.3) is 0 Å². The molecule has 0 aromatic carbocycles. The summed E-state index contributed by atoms with van der Waals surface area (Å²) in [6.07, 6.45) is 1.49. The van der Waals surface area contributed by atoms with E-state index in [2.05, 4.69) is 26.1 Å². The highest BCUT2D eigenvalue weighted by atomic mass is 16.5. The minimum absolute atomic E-state index is 0.399. The Morgan fingerprint density at radius 3 is 2.40 bits per heavy atom. The van der Waals surface area contributed by atoms with Gasteiger partial charge >= 0.3 is 0 Å². The smallest absolute Gasteiger partial charge is 0.0620 e. The Balaban J connectivity index is 3.17. The van der Waals surface area contributed by atoms with E-state index in [1.807, 2.05) is 7.05 Å². The second kappa shape index (κ2) is 5.69. The maximum absolute atomic E-state index is 5.48. The summed E-state index contributed by atoms with van der Waals surface area (Å²) in [4.78, 5) is 0. The largest absolute Gasteiger partial charge is 0.377 e. The van der Waals surface area contributed by atoms with Crippen molar-refractivity contribution in [1.29, 1.82) is 0 Å². The molecule has 0 saturated heterocycles. The summed E-state index contributed by atoms with van der Waals surface area (Å²) in [5, 5.41) is 3.12. The highest BCUT2D eigenvalue weighted by Crippen LogP contribution is 1.96. The summed E-state index contributed by atoms with van der Waals surface area (Å²) in [6, 6.07) is 0.467. The van der Waals surface area contributed by atoms with Crippen LogP contribution < -0.4 is 5.32 Å². The summed E-state index contributed by atoms with van der Waals surface area (Å²) in [7, 11) is 1.95. The third-order valence-corrected chi connectivity index (χ3v) is 1.70. The van der Waals surface area contributed by atoms with Crippen LogP contribution in [0.3, 0.4) is 0 Å².